The Morgan fingerprint density at radius 3 is 2.12 bits per heavy atom. The molecule has 0 aliphatic carbocycles. The molecule has 0 aromatic heterocycles. The van der Waals surface area contributed by atoms with Gasteiger partial charge in [-0.25, -0.2) is 9.18 Å². The zero-order valence-corrected chi connectivity index (χ0v) is 23.4. The van der Waals surface area contributed by atoms with Crippen molar-refractivity contribution in [3.8, 4) is 0 Å². The molecule has 2 fully saturated rings. The number of carboxylic acid groups (broad SMARTS) is 1. The van der Waals surface area contributed by atoms with Crippen LogP contribution in [0.3, 0.4) is 0 Å². The molecule has 0 radical (unpaired) electrons. The molecule has 4 rings (SSSR count). The third-order valence-electron chi connectivity index (χ3n) is 7.60. The van der Waals surface area contributed by atoms with Gasteiger partial charge in [0, 0.05) is 49.0 Å². The highest BCUT2D eigenvalue weighted by atomic mass is 19.4. The van der Waals surface area contributed by atoms with E-state index in [2.05, 4.69) is 17.1 Å². The molecule has 2 aliphatic rings. The average molecular weight is 596 g/mol. The number of carbonyl (C=O) groups is 3. The zero-order chi connectivity index (χ0) is 30.9. The van der Waals surface area contributed by atoms with Gasteiger partial charge in [0.05, 0.1) is 6.04 Å². The van der Waals surface area contributed by atoms with Crippen LogP contribution in [0, 0.1) is 11.7 Å². The number of aliphatic carboxylic acids is 1. The van der Waals surface area contributed by atoms with Crippen LogP contribution in [0.25, 0.3) is 0 Å². The number of likely N-dealkylation sites (tertiary alicyclic amines) is 2. The highest BCUT2D eigenvalue weighted by molar-refractivity contribution is 5.98. The average Bonchev–Trinajstić information content (AvgIpc) is 2.97. The molecule has 12 heteroatoms. The second-order valence-electron chi connectivity index (χ2n) is 10.7. The monoisotopic (exact) mass is 595 g/mol. The van der Waals surface area contributed by atoms with E-state index in [-0.39, 0.29) is 24.8 Å². The molecular formula is C30H37F4N3O5. The Bertz CT molecular complexity index is 1200. The molecule has 2 heterocycles. The zero-order valence-electron chi connectivity index (χ0n) is 23.4. The predicted octanol–water partition coefficient (Wildman–Crippen LogP) is 4.65. The van der Waals surface area contributed by atoms with Gasteiger partial charge in [-0.3, -0.25) is 14.5 Å². The van der Waals surface area contributed by atoms with Gasteiger partial charge in [0.25, 0.3) is 11.8 Å². The van der Waals surface area contributed by atoms with Crippen LogP contribution in [0.4, 0.5) is 17.6 Å². The van der Waals surface area contributed by atoms with Crippen molar-refractivity contribution in [3.63, 3.8) is 0 Å². The maximum Gasteiger partial charge on any atom is 0.490 e. The first-order valence-electron chi connectivity index (χ1n) is 14.0. The van der Waals surface area contributed by atoms with Crippen molar-refractivity contribution in [2.45, 2.75) is 57.3 Å². The lowest BCUT2D eigenvalue weighted by Crippen LogP contribution is -2.49. The summed E-state index contributed by atoms with van der Waals surface area (Å²) in [5.74, 6) is -2.81. The summed E-state index contributed by atoms with van der Waals surface area (Å²) in [4.78, 5) is 39.2. The van der Waals surface area contributed by atoms with E-state index < -0.39 is 24.0 Å². The maximum atomic E-state index is 14.2. The number of aliphatic hydroxyl groups is 1. The lowest BCUT2D eigenvalue weighted by atomic mass is 9.95. The van der Waals surface area contributed by atoms with E-state index in [0.29, 0.717) is 22.7 Å². The van der Waals surface area contributed by atoms with Crippen molar-refractivity contribution >= 4 is 17.8 Å². The number of nitrogens with one attached hydrogen (secondary N) is 1. The number of carboxylic acids is 1. The van der Waals surface area contributed by atoms with E-state index >= 15 is 0 Å². The first kappa shape index (κ1) is 33.0. The first-order valence-corrected chi connectivity index (χ1v) is 14.0. The highest BCUT2D eigenvalue weighted by Gasteiger charge is 2.38. The van der Waals surface area contributed by atoms with Crippen molar-refractivity contribution in [2.24, 2.45) is 5.92 Å². The molecule has 2 aromatic rings. The number of piperidine rings is 2. The molecule has 0 bridgehead atoms. The van der Waals surface area contributed by atoms with Crippen LogP contribution in [0.5, 0.6) is 0 Å². The largest absolute Gasteiger partial charge is 0.490 e. The molecule has 2 saturated heterocycles. The predicted molar refractivity (Wildman–Crippen MR) is 147 cm³/mol. The first-order chi connectivity index (χ1) is 19.9. The minimum Gasteiger partial charge on any atom is -0.475 e. The third-order valence-corrected chi connectivity index (χ3v) is 7.60. The standard InChI is InChI=1S/C28H36FN3O3.C2HF3O2/c1-20-5-4-15-32(19-20)23-12-16-31(17-13-23)28(35)22-10-8-21(9-11-22)27(34)30-26(14-18-33)24-6-2-3-7-25(24)29;3-2(4,5)1(6)7/h2-3,6-11,20,23,26,33H,4-5,12-19H2,1H3,(H,30,34);(H,6,7)/t20-,26?;/m1./s1. The second-order valence-corrected chi connectivity index (χ2v) is 10.7. The molecule has 8 nitrogen and oxygen atoms in total. The van der Waals surface area contributed by atoms with Gasteiger partial charge in [-0.2, -0.15) is 13.2 Å². The van der Waals surface area contributed by atoms with Crippen LogP contribution in [0.1, 0.15) is 71.3 Å². The molecule has 3 N–H and O–H groups in total. The van der Waals surface area contributed by atoms with Crippen molar-refractivity contribution in [1.82, 2.24) is 15.1 Å². The van der Waals surface area contributed by atoms with E-state index in [9.17, 15) is 32.3 Å². The third kappa shape index (κ3) is 9.25. The van der Waals surface area contributed by atoms with Gasteiger partial charge in [0.1, 0.15) is 5.82 Å². The normalized spacial score (nSPS) is 18.9. The summed E-state index contributed by atoms with van der Waals surface area (Å²) in [6.45, 7) is 5.98. The number of rotatable bonds is 7. The number of aliphatic hydroxyl groups excluding tert-OH is 1. The molecular weight excluding hydrogens is 558 g/mol. The van der Waals surface area contributed by atoms with E-state index in [1.807, 2.05) is 4.90 Å². The highest BCUT2D eigenvalue weighted by Crippen LogP contribution is 2.25. The van der Waals surface area contributed by atoms with Crippen LogP contribution >= 0.6 is 0 Å². The Hall–Kier alpha value is -3.51. The van der Waals surface area contributed by atoms with Gasteiger partial charge in [0.15, 0.2) is 0 Å². The number of nitrogens with zero attached hydrogens (tertiary/aromatic N) is 2. The van der Waals surface area contributed by atoms with E-state index in [1.54, 1.807) is 42.5 Å². The van der Waals surface area contributed by atoms with E-state index in [1.165, 1.54) is 25.5 Å². The van der Waals surface area contributed by atoms with Crippen LogP contribution in [0.15, 0.2) is 48.5 Å². The minimum atomic E-state index is -5.08. The molecule has 2 aromatic carbocycles. The molecule has 2 aliphatic heterocycles. The molecule has 42 heavy (non-hydrogen) atoms. The number of hydrogen-bond donors (Lipinski definition) is 3. The molecule has 0 saturated carbocycles. The van der Waals surface area contributed by atoms with Gasteiger partial charge in [-0.05, 0) is 74.9 Å². The fourth-order valence-electron chi connectivity index (χ4n) is 5.37. The second kappa shape index (κ2) is 15.1. The van der Waals surface area contributed by atoms with Gasteiger partial charge >= 0.3 is 12.1 Å². The maximum absolute atomic E-state index is 14.2. The molecule has 230 valence electrons. The number of halogens is 4. The minimum absolute atomic E-state index is 0.00747. The number of amides is 2. The lowest BCUT2D eigenvalue weighted by Gasteiger charge is -2.41. The lowest BCUT2D eigenvalue weighted by molar-refractivity contribution is -0.192. The molecule has 2 amide bonds. The summed E-state index contributed by atoms with van der Waals surface area (Å²) in [5, 5.41) is 19.3. The Balaban J connectivity index is 0.000000616. The van der Waals surface area contributed by atoms with Crippen molar-refractivity contribution < 1.29 is 42.2 Å². The van der Waals surface area contributed by atoms with Crippen LogP contribution in [-0.4, -0.2) is 82.8 Å². The number of hydrogen-bond acceptors (Lipinski definition) is 5. The smallest absolute Gasteiger partial charge is 0.475 e. The fourth-order valence-corrected chi connectivity index (χ4v) is 5.37. The Morgan fingerprint density at radius 2 is 1.57 bits per heavy atom. The van der Waals surface area contributed by atoms with Gasteiger partial charge in [-0.1, -0.05) is 25.1 Å². The van der Waals surface area contributed by atoms with Crippen LogP contribution in [0.2, 0.25) is 0 Å². The van der Waals surface area contributed by atoms with Crippen molar-refractivity contribution in [1.29, 1.82) is 0 Å². The van der Waals surface area contributed by atoms with Crippen LogP contribution in [-0.2, 0) is 4.79 Å². The van der Waals surface area contributed by atoms with Crippen molar-refractivity contribution in [2.75, 3.05) is 32.8 Å². The Kier molecular flexibility index (Phi) is 11.9. The summed E-state index contributed by atoms with van der Waals surface area (Å²) >= 11 is 0. The summed E-state index contributed by atoms with van der Waals surface area (Å²) in [6, 6.07) is 12.8. The Labute approximate surface area is 242 Å². The fraction of sp³-hybridized carbons (Fsp3) is 0.500. The molecule has 0 spiro atoms. The van der Waals surface area contributed by atoms with E-state index in [0.717, 1.165) is 38.4 Å². The summed E-state index contributed by atoms with van der Waals surface area (Å²) in [6.07, 6.45) is -0.299. The summed E-state index contributed by atoms with van der Waals surface area (Å²) in [7, 11) is 0. The van der Waals surface area contributed by atoms with E-state index in [4.69, 9.17) is 9.90 Å². The van der Waals surface area contributed by atoms with Crippen molar-refractivity contribution in [3.05, 3.63) is 71.0 Å². The SMILES string of the molecule is C[C@@H]1CCCN(C2CCN(C(=O)c3ccc(C(=O)NC(CCO)c4ccccc4F)cc3)CC2)C1.O=C(O)C(F)(F)F. The summed E-state index contributed by atoms with van der Waals surface area (Å²) in [5.41, 5.74) is 1.29. The molecule has 1 unspecified atom stereocenters. The molecule has 2 atom stereocenters. The van der Waals surface area contributed by atoms with Crippen LogP contribution < -0.4 is 5.32 Å². The number of benzene rings is 2. The topological polar surface area (TPSA) is 110 Å². The number of carbonyl (C=O) groups excluding carboxylic acids is 2. The van der Waals surface area contributed by atoms with Gasteiger partial charge < -0.3 is 20.4 Å². The summed E-state index contributed by atoms with van der Waals surface area (Å²) < 4.78 is 45.9. The number of alkyl halides is 3. The quantitative estimate of drug-likeness (QED) is 0.402. The van der Waals surface area contributed by atoms with Gasteiger partial charge in [0.2, 0.25) is 0 Å². The Morgan fingerprint density at radius 1 is 0.976 bits per heavy atom. The van der Waals surface area contributed by atoms with Gasteiger partial charge in [-0.15, -0.1) is 0 Å².